The SMILES string of the molecule is Cc1nn(-c2ccc(Cl)cc2)c(C)c1S(=O)(=O)N1CCC2(CC1)OCCO2. The van der Waals surface area contributed by atoms with Gasteiger partial charge in [0.15, 0.2) is 5.79 Å². The topological polar surface area (TPSA) is 73.7 Å². The highest BCUT2D eigenvalue weighted by atomic mass is 35.5. The number of piperidine rings is 1. The molecular formula is C18H22ClN3O4S. The standard InChI is InChI=1S/C18H22ClN3O4S/c1-13-17(14(2)22(20-13)16-5-3-15(19)4-6-16)27(23,24)21-9-7-18(8-10-21)25-11-12-26-18/h3-6H,7-12H2,1-2H3. The molecule has 2 aliphatic rings. The molecule has 27 heavy (non-hydrogen) atoms. The first-order valence-corrected chi connectivity index (χ1v) is 10.7. The van der Waals surface area contributed by atoms with Gasteiger partial charge in [0.1, 0.15) is 4.90 Å². The molecule has 2 aromatic rings. The van der Waals surface area contributed by atoms with E-state index in [9.17, 15) is 8.42 Å². The van der Waals surface area contributed by atoms with E-state index in [1.54, 1.807) is 30.7 Å². The Hall–Kier alpha value is -1.45. The lowest BCUT2D eigenvalue weighted by molar-refractivity contribution is -0.179. The lowest BCUT2D eigenvalue weighted by Gasteiger charge is -2.36. The Labute approximate surface area is 163 Å². The van der Waals surface area contributed by atoms with Crippen LogP contribution in [0, 0.1) is 13.8 Å². The molecule has 0 unspecified atom stereocenters. The number of hydrogen-bond donors (Lipinski definition) is 0. The molecule has 2 fully saturated rings. The average Bonchev–Trinajstić information content (AvgIpc) is 3.20. The van der Waals surface area contributed by atoms with Gasteiger partial charge in [-0.1, -0.05) is 11.6 Å². The van der Waals surface area contributed by atoms with E-state index in [1.807, 2.05) is 12.1 Å². The van der Waals surface area contributed by atoms with Crippen molar-refractivity contribution in [2.24, 2.45) is 0 Å². The molecular weight excluding hydrogens is 390 g/mol. The fraction of sp³-hybridized carbons (Fsp3) is 0.500. The Bertz CT molecular complexity index is 940. The Morgan fingerprint density at radius 3 is 2.26 bits per heavy atom. The summed E-state index contributed by atoms with van der Waals surface area (Å²) in [6.45, 7) is 5.37. The molecule has 4 rings (SSSR count). The number of aromatic nitrogens is 2. The van der Waals surface area contributed by atoms with Crippen molar-refractivity contribution >= 4 is 21.6 Å². The van der Waals surface area contributed by atoms with Gasteiger partial charge in [-0.25, -0.2) is 13.1 Å². The lowest BCUT2D eigenvalue weighted by Crippen LogP contribution is -2.47. The molecule has 0 amide bonds. The summed E-state index contributed by atoms with van der Waals surface area (Å²) in [4.78, 5) is 0.265. The summed E-state index contributed by atoms with van der Waals surface area (Å²) in [6, 6.07) is 7.15. The number of hydrogen-bond acceptors (Lipinski definition) is 5. The number of benzene rings is 1. The second-order valence-electron chi connectivity index (χ2n) is 6.90. The monoisotopic (exact) mass is 411 g/mol. The van der Waals surface area contributed by atoms with Crippen LogP contribution in [0.15, 0.2) is 29.2 Å². The maximum atomic E-state index is 13.3. The van der Waals surface area contributed by atoms with Crippen LogP contribution < -0.4 is 0 Å². The largest absolute Gasteiger partial charge is 0.347 e. The number of nitrogens with zero attached hydrogens (tertiary/aromatic N) is 3. The van der Waals surface area contributed by atoms with Crippen molar-refractivity contribution in [3.63, 3.8) is 0 Å². The van der Waals surface area contributed by atoms with Crippen molar-refractivity contribution < 1.29 is 17.9 Å². The summed E-state index contributed by atoms with van der Waals surface area (Å²) in [6.07, 6.45) is 1.07. The molecule has 2 saturated heterocycles. The normalized spacial score (nSPS) is 20.4. The Balaban J connectivity index is 1.63. The van der Waals surface area contributed by atoms with Crippen molar-refractivity contribution in [2.75, 3.05) is 26.3 Å². The molecule has 0 bridgehead atoms. The number of sulfonamides is 1. The first kappa shape index (κ1) is 18.9. The van der Waals surface area contributed by atoms with Crippen LogP contribution in [-0.2, 0) is 19.5 Å². The smallest absolute Gasteiger partial charge is 0.246 e. The minimum atomic E-state index is -3.65. The molecule has 1 spiro atoms. The molecule has 146 valence electrons. The van der Waals surface area contributed by atoms with Crippen LogP contribution in [0.1, 0.15) is 24.2 Å². The molecule has 0 saturated carbocycles. The summed E-state index contributed by atoms with van der Waals surface area (Å²) in [5.41, 5.74) is 1.84. The van der Waals surface area contributed by atoms with Gasteiger partial charge in [-0.3, -0.25) is 0 Å². The number of ether oxygens (including phenoxy) is 2. The molecule has 0 N–H and O–H groups in total. The molecule has 3 heterocycles. The van der Waals surface area contributed by atoms with E-state index in [0.29, 0.717) is 55.6 Å². The van der Waals surface area contributed by atoms with Crippen LogP contribution in [0.3, 0.4) is 0 Å². The van der Waals surface area contributed by atoms with Gasteiger partial charge >= 0.3 is 0 Å². The van der Waals surface area contributed by atoms with E-state index < -0.39 is 15.8 Å². The zero-order chi connectivity index (χ0) is 19.2. The highest BCUT2D eigenvalue weighted by Gasteiger charge is 2.43. The van der Waals surface area contributed by atoms with Crippen LogP contribution in [0.4, 0.5) is 0 Å². The number of aryl methyl sites for hydroxylation is 1. The van der Waals surface area contributed by atoms with Crippen LogP contribution in [0.2, 0.25) is 5.02 Å². The van der Waals surface area contributed by atoms with Crippen molar-refractivity contribution in [3.05, 3.63) is 40.7 Å². The highest BCUT2D eigenvalue weighted by Crippen LogP contribution is 2.34. The quantitative estimate of drug-likeness (QED) is 0.776. The molecule has 1 aromatic heterocycles. The van der Waals surface area contributed by atoms with Crippen molar-refractivity contribution in [3.8, 4) is 5.69 Å². The van der Waals surface area contributed by atoms with Crippen molar-refractivity contribution in [2.45, 2.75) is 37.4 Å². The molecule has 0 atom stereocenters. The molecule has 0 radical (unpaired) electrons. The van der Waals surface area contributed by atoms with Crippen LogP contribution in [0.5, 0.6) is 0 Å². The number of halogens is 1. The maximum Gasteiger partial charge on any atom is 0.246 e. The van der Waals surface area contributed by atoms with Gasteiger partial charge in [-0.15, -0.1) is 0 Å². The van der Waals surface area contributed by atoms with Gasteiger partial charge in [0, 0.05) is 31.0 Å². The molecule has 1 aromatic carbocycles. The lowest BCUT2D eigenvalue weighted by atomic mass is 10.1. The van der Waals surface area contributed by atoms with E-state index in [-0.39, 0.29) is 4.90 Å². The third kappa shape index (κ3) is 3.30. The summed E-state index contributed by atoms with van der Waals surface area (Å²) in [5, 5.41) is 5.08. The van der Waals surface area contributed by atoms with Gasteiger partial charge < -0.3 is 9.47 Å². The van der Waals surface area contributed by atoms with Crippen LogP contribution in [0.25, 0.3) is 5.69 Å². The third-order valence-electron chi connectivity index (χ3n) is 5.19. The summed E-state index contributed by atoms with van der Waals surface area (Å²) in [5.74, 6) is -0.608. The first-order valence-electron chi connectivity index (χ1n) is 8.93. The van der Waals surface area contributed by atoms with E-state index >= 15 is 0 Å². The fourth-order valence-corrected chi connectivity index (χ4v) is 5.74. The van der Waals surface area contributed by atoms with Gasteiger partial charge in [-0.05, 0) is 38.1 Å². The number of rotatable bonds is 3. The molecule has 9 heteroatoms. The molecule has 0 aliphatic carbocycles. The maximum absolute atomic E-state index is 13.3. The second kappa shape index (κ2) is 6.86. The predicted octanol–water partition coefficient (Wildman–Crippen LogP) is 2.67. The molecule has 2 aliphatic heterocycles. The first-order chi connectivity index (χ1) is 12.8. The van der Waals surface area contributed by atoms with Crippen LogP contribution in [-0.4, -0.2) is 54.6 Å². The summed E-state index contributed by atoms with van der Waals surface area (Å²) < 4.78 is 41.1. The van der Waals surface area contributed by atoms with E-state index in [1.165, 1.54) is 4.31 Å². The Morgan fingerprint density at radius 2 is 1.67 bits per heavy atom. The van der Waals surface area contributed by atoms with Crippen molar-refractivity contribution in [1.29, 1.82) is 0 Å². The fourth-order valence-electron chi connectivity index (χ4n) is 3.82. The van der Waals surface area contributed by atoms with E-state index in [0.717, 1.165) is 5.69 Å². The Morgan fingerprint density at radius 1 is 1.07 bits per heavy atom. The van der Waals surface area contributed by atoms with E-state index in [4.69, 9.17) is 21.1 Å². The zero-order valence-corrected chi connectivity index (χ0v) is 16.9. The van der Waals surface area contributed by atoms with Gasteiger partial charge in [-0.2, -0.15) is 9.40 Å². The summed E-state index contributed by atoms with van der Waals surface area (Å²) in [7, 11) is -3.65. The zero-order valence-electron chi connectivity index (χ0n) is 15.3. The Kier molecular flexibility index (Phi) is 4.80. The minimum absolute atomic E-state index is 0.265. The molecule has 7 nitrogen and oxygen atoms in total. The minimum Gasteiger partial charge on any atom is -0.347 e. The van der Waals surface area contributed by atoms with Crippen molar-refractivity contribution in [1.82, 2.24) is 14.1 Å². The second-order valence-corrected chi connectivity index (χ2v) is 9.21. The van der Waals surface area contributed by atoms with Crippen LogP contribution >= 0.6 is 11.6 Å². The van der Waals surface area contributed by atoms with Gasteiger partial charge in [0.2, 0.25) is 10.0 Å². The third-order valence-corrected chi connectivity index (χ3v) is 7.60. The van der Waals surface area contributed by atoms with Gasteiger partial charge in [0.25, 0.3) is 0 Å². The predicted molar refractivity (Wildman–Crippen MR) is 101 cm³/mol. The summed E-state index contributed by atoms with van der Waals surface area (Å²) >= 11 is 5.95. The van der Waals surface area contributed by atoms with E-state index in [2.05, 4.69) is 5.10 Å². The highest BCUT2D eigenvalue weighted by molar-refractivity contribution is 7.89. The average molecular weight is 412 g/mol. The van der Waals surface area contributed by atoms with Gasteiger partial charge in [0.05, 0.1) is 30.3 Å².